The monoisotopic (exact) mass is 294 g/mol. The number of hydrogen-bond acceptors (Lipinski definition) is 4. The normalized spacial score (nSPS) is 13.8. The maximum atomic E-state index is 10.9. The Morgan fingerprint density at radius 3 is 1.24 bits per heavy atom. The van der Waals surface area contributed by atoms with Crippen LogP contribution < -0.4 is 0 Å². The molecule has 0 saturated heterocycles. The van der Waals surface area contributed by atoms with Gasteiger partial charge < -0.3 is 29.8 Å². The highest BCUT2D eigenvalue weighted by atomic mass is 31.2. The number of carboxylic acid groups (broad SMARTS) is 2. The second-order valence-corrected chi connectivity index (χ2v) is 6.91. The van der Waals surface area contributed by atoms with Gasteiger partial charge in [-0.2, -0.15) is 9.59 Å². The molecule has 11 nitrogen and oxygen atoms in total. The van der Waals surface area contributed by atoms with E-state index in [9.17, 15) is 18.7 Å². The topological polar surface area (TPSA) is 190 Å². The van der Waals surface area contributed by atoms with Crippen LogP contribution in [0.2, 0.25) is 0 Å². The van der Waals surface area contributed by atoms with E-state index >= 15 is 0 Å². The number of nitrogens with zero attached hydrogens (tertiary/aromatic N) is 1. The summed E-state index contributed by atoms with van der Waals surface area (Å²) in [4.78, 5) is 56.3. The van der Waals surface area contributed by atoms with Crippen LogP contribution in [0.25, 0.3) is 0 Å². The Hall–Kier alpha value is -0.800. The van der Waals surface area contributed by atoms with Crippen LogP contribution in [-0.4, -0.2) is 59.0 Å². The quantitative estimate of drug-likeness (QED) is 0.290. The van der Waals surface area contributed by atoms with E-state index in [4.69, 9.17) is 29.8 Å². The van der Waals surface area contributed by atoms with E-state index < -0.39 is 37.4 Å². The van der Waals surface area contributed by atoms with E-state index in [1.165, 1.54) is 0 Å². The van der Waals surface area contributed by atoms with Gasteiger partial charge in [0.2, 0.25) is 0 Å². The summed E-state index contributed by atoms with van der Waals surface area (Å²) in [5.74, 6) is 0. The predicted molar refractivity (Wildman–Crippen MR) is 50.1 cm³/mol. The van der Waals surface area contributed by atoms with E-state index in [0.29, 0.717) is 0 Å². The molecule has 13 heteroatoms. The van der Waals surface area contributed by atoms with Crippen molar-refractivity contribution in [3.05, 3.63) is 0 Å². The van der Waals surface area contributed by atoms with Crippen molar-refractivity contribution in [2.24, 2.45) is 0 Å². The third-order valence-electron chi connectivity index (χ3n) is 1.86. The van der Waals surface area contributed by atoms with Crippen LogP contribution >= 0.6 is 15.2 Å². The smallest absolute Gasteiger partial charge is 0.435 e. The van der Waals surface area contributed by atoms with Gasteiger partial charge in [-0.3, -0.25) is 9.13 Å². The Kier molecular flexibility index (Phi) is 4.25. The molecule has 6 N–H and O–H groups in total. The number of amides is 2. The minimum Gasteiger partial charge on any atom is -0.435 e. The lowest BCUT2D eigenvalue weighted by molar-refractivity contribution is -0.764. The molecule has 2 amide bonds. The van der Waals surface area contributed by atoms with Crippen molar-refractivity contribution in [3.8, 4) is 0 Å². The summed E-state index contributed by atoms with van der Waals surface area (Å²) in [5.41, 5.74) is -3.22. The molecule has 0 heterocycles. The van der Waals surface area contributed by atoms with Gasteiger partial charge >= 0.3 is 32.9 Å². The fourth-order valence-corrected chi connectivity index (χ4v) is 4.24. The first-order chi connectivity index (χ1) is 7.25. The molecule has 0 saturated carbocycles. The zero-order chi connectivity index (χ0) is 14.2. The Bertz CT molecular complexity index is 396. The van der Waals surface area contributed by atoms with E-state index in [2.05, 4.69) is 0 Å². The van der Waals surface area contributed by atoms with Crippen LogP contribution in [0.1, 0.15) is 0 Å². The highest BCUT2D eigenvalue weighted by molar-refractivity contribution is 7.70. The summed E-state index contributed by atoms with van der Waals surface area (Å²) < 4.78 is 19.2. The second kappa shape index (κ2) is 4.46. The maximum Gasteiger partial charge on any atom is 0.525 e. The van der Waals surface area contributed by atoms with Gasteiger partial charge in [-0.05, 0) is 0 Å². The van der Waals surface area contributed by atoms with Crippen molar-refractivity contribution in [1.29, 1.82) is 0 Å². The van der Waals surface area contributed by atoms with Crippen molar-refractivity contribution in [2.75, 3.05) is 7.05 Å². The number of rotatable bonds is 3. The molecule has 0 aromatic rings. The van der Waals surface area contributed by atoms with Crippen LogP contribution in [0, 0.1) is 0 Å². The summed E-state index contributed by atoms with van der Waals surface area (Å²) in [5, 5.41) is 17.2. The number of imide groups is 1. The molecule has 0 radical (unpaired) electrons. The molecule has 0 bridgehead atoms. The molecule has 0 aliphatic carbocycles. The van der Waals surface area contributed by atoms with Crippen LogP contribution in [0.3, 0.4) is 0 Å². The first kappa shape index (κ1) is 16.2. The molecule has 0 unspecified atom stereocenters. The van der Waals surface area contributed by atoms with Gasteiger partial charge in [-0.1, -0.05) is 0 Å². The van der Waals surface area contributed by atoms with Crippen LogP contribution in [0.5, 0.6) is 0 Å². The van der Waals surface area contributed by atoms with Gasteiger partial charge in [0, 0.05) is 0 Å². The third kappa shape index (κ3) is 3.11. The lowest BCUT2D eigenvalue weighted by Gasteiger charge is -2.30. The number of hydrogen-bond donors (Lipinski definition) is 6. The van der Waals surface area contributed by atoms with Crippen LogP contribution in [0.4, 0.5) is 9.59 Å². The van der Waals surface area contributed by atoms with Gasteiger partial charge in [0.15, 0.2) is 0 Å². The molecule has 0 fully saturated rings. The standard InChI is InChI=1S/C4H9NO10P2/c1-5(2(6)7,3(8)9)4(16(10,11)12)17(13,14)15/h4H,1H3,(H5-,6,7,8,9,10,11,12,13,14,15)/p+1. The SMILES string of the molecule is C[N+](C(=O)O)(C(=O)O)C(P(=O)(O)O)P(=O)(O)O. The fraction of sp³-hybridized carbons (Fsp3) is 0.500. The van der Waals surface area contributed by atoms with E-state index in [1.54, 1.807) is 0 Å². The fourth-order valence-electron chi connectivity index (χ4n) is 1.08. The van der Waals surface area contributed by atoms with Crippen LogP contribution in [-0.2, 0) is 9.13 Å². The van der Waals surface area contributed by atoms with E-state index in [0.717, 1.165) is 0 Å². The van der Waals surface area contributed by atoms with E-state index in [-0.39, 0.29) is 7.05 Å². The average Bonchev–Trinajstić information content (AvgIpc) is 1.96. The number of quaternary nitrogens is 1. The van der Waals surface area contributed by atoms with Gasteiger partial charge in [0.25, 0.3) is 0 Å². The zero-order valence-electron chi connectivity index (χ0n) is 8.24. The first-order valence-electron chi connectivity index (χ1n) is 3.69. The Labute approximate surface area is 93.8 Å². The predicted octanol–water partition coefficient (Wildman–Crippen LogP) is -0.572. The summed E-state index contributed by atoms with van der Waals surface area (Å²) >= 11 is 0. The molecular formula is C4H10NO10P2+. The third-order valence-corrected chi connectivity index (χ3v) is 5.79. The molecule has 100 valence electrons. The van der Waals surface area contributed by atoms with Gasteiger partial charge in [-0.15, -0.1) is 4.48 Å². The Morgan fingerprint density at radius 1 is 0.941 bits per heavy atom. The van der Waals surface area contributed by atoms with Crippen molar-refractivity contribution >= 4 is 27.4 Å². The van der Waals surface area contributed by atoms with Crippen molar-refractivity contribution in [3.63, 3.8) is 0 Å². The van der Waals surface area contributed by atoms with Crippen LogP contribution in [0.15, 0.2) is 0 Å². The molecule has 0 spiro atoms. The lowest BCUT2D eigenvalue weighted by Crippen LogP contribution is -2.58. The van der Waals surface area contributed by atoms with Crippen molar-refractivity contribution in [1.82, 2.24) is 0 Å². The molecule has 0 aliphatic heterocycles. The Balaban J connectivity index is 6.12. The highest BCUT2D eigenvalue weighted by Gasteiger charge is 2.65. The molecule has 0 aliphatic rings. The zero-order valence-corrected chi connectivity index (χ0v) is 10.0. The summed E-state index contributed by atoms with van der Waals surface area (Å²) in [6, 6.07) is 0. The van der Waals surface area contributed by atoms with Gasteiger partial charge in [0.1, 0.15) is 0 Å². The molecular weight excluding hydrogens is 284 g/mol. The molecule has 17 heavy (non-hydrogen) atoms. The minimum absolute atomic E-state index is 0.257. The van der Waals surface area contributed by atoms with Gasteiger partial charge in [0.05, 0.1) is 7.05 Å². The second-order valence-electron chi connectivity index (χ2n) is 3.17. The molecule has 0 rings (SSSR count). The lowest BCUT2D eigenvalue weighted by atomic mass is 10.6. The molecule has 0 atom stereocenters. The summed E-state index contributed by atoms with van der Waals surface area (Å²) in [6.45, 7) is 0. The van der Waals surface area contributed by atoms with Crippen molar-refractivity contribution in [2.45, 2.75) is 5.52 Å². The summed E-state index contributed by atoms with van der Waals surface area (Å²) in [7, 11) is -11.1. The summed E-state index contributed by atoms with van der Waals surface area (Å²) in [6.07, 6.45) is -4.65. The highest BCUT2D eigenvalue weighted by Crippen LogP contribution is 2.63. The minimum atomic E-state index is -5.68. The maximum absolute atomic E-state index is 10.9. The van der Waals surface area contributed by atoms with E-state index in [1.807, 2.05) is 0 Å². The van der Waals surface area contributed by atoms with Crippen molar-refractivity contribution < 1.29 is 53.0 Å². The first-order valence-corrected chi connectivity index (χ1v) is 7.05. The van der Waals surface area contributed by atoms with Gasteiger partial charge in [-0.25, -0.2) is 0 Å². The number of carbonyl (C=O) groups is 2. The molecule has 0 aromatic heterocycles. The average molecular weight is 294 g/mol. The Morgan fingerprint density at radius 2 is 1.18 bits per heavy atom. The molecule has 0 aromatic carbocycles. The largest absolute Gasteiger partial charge is 0.525 e.